The van der Waals surface area contributed by atoms with Crippen molar-refractivity contribution in [2.24, 2.45) is 11.8 Å². The smallest absolute Gasteiger partial charge is 0.308 e. The summed E-state index contributed by atoms with van der Waals surface area (Å²) in [7, 11) is 0. The molecule has 4 nitrogen and oxygen atoms in total. The highest BCUT2D eigenvalue weighted by Gasteiger charge is 2.36. The zero-order valence-corrected chi connectivity index (χ0v) is 12.7. The maximum Gasteiger partial charge on any atom is 0.308 e. The SMILES string of the molecule is CCCC1CCC(C(=O)O)C(n2ccnc2C(C)C)C1. The van der Waals surface area contributed by atoms with E-state index in [-0.39, 0.29) is 12.0 Å². The molecule has 0 aromatic carbocycles. The fraction of sp³-hybridized carbons (Fsp3) is 0.750. The number of imidazole rings is 1. The lowest BCUT2D eigenvalue weighted by Crippen LogP contribution is -2.33. The summed E-state index contributed by atoms with van der Waals surface area (Å²) in [6, 6.07) is 0.0673. The normalized spacial score (nSPS) is 26.9. The van der Waals surface area contributed by atoms with Gasteiger partial charge in [-0.1, -0.05) is 33.6 Å². The van der Waals surface area contributed by atoms with Crippen molar-refractivity contribution in [2.45, 2.75) is 64.8 Å². The second-order valence-corrected chi connectivity index (χ2v) is 6.33. The lowest BCUT2D eigenvalue weighted by atomic mass is 9.76. The van der Waals surface area contributed by atoms with E-state index in [1.54, 1.807) is 6.20 Å². The Balaban J connectivity index is 2.26. The number of aliphatic carboxylic acids is 1. The minimum Gasteiger partial charge on any atom is -0.481 e. The van der Waals surface area contributed by atoms with E-state index >= 15 is 0 Å². The van der Waals surface area contributed by atoms with E-state index in [2.05, 4.69) is 30.3 Å². The van der Waals surface area contributed by atoms with Crippen LogP contribution in [0.3, 0.4) is 0 Å². The highest BCUT2D eigenvalue weighted by atomic mass is 16.4. The van der Waals surface area contributed by atoms with Gasteiger partial charge in [-0.3, -0.25) is 4.79 Å². The number of hydrogen-bond acceptors (Lipinski definition) is 2. The quantitative estimate of drug-likeness (QED) is 0.890. The summed E-state index contributed by atoms with van der Waals surface area (Å²) in [4.78, 5) is 16.0. The highest BCUT2D eigenvalue weighted by molar-refractivity contribution is 5.70. The molecule has 1 aliphatic rings. The molecule has 3 unspecified atom stereocenters. The first kappa shape index (κ1) is 15.1. The van der Waals surface area contributed by atoms with Crippen LogP contribution in [0.25, 0.3) is 0 Å². The molecule has 0 saturated heterocycles. The third-order valence-electron chi connectivity index (χ3n) is 4.51. The summed E-state index contributed by atoms with van der Waals surface area (Å²) >= 11 is 0. The predicted molar refractivity (Wildman–Crippen MR) is 78.7 cm³/mol. The van der Waals surface area contributed by atoms with Crippen LogP contribution in [0.15, 0.2) is 12.4 Å². The number of nitrogens with zero attached hydrogens (tertiary/aromatic N) is 2. The molecule has 3 atom stereocenters. The van der Waals surface area contributed by atoms with E-state index in [9.17, 15) is 9.90 Å². The van der Waals surface area contributed by atoms with Gasteiger partial charge < -0.3 is 9.67 Å². The van der Waals surface area contributed by atoms with Gasteiger partial charge in [0.05, 0.1) is 5.92 Å². The van der Waals surface area contributed by atoms with Crippen LogP contribution in [-0.4, -0.2) is 20.6 Å². The topological polar surface area (TPSA) is 55.1 Å². The molecular weight excluding hydrogens is 252 g/mol. The third kappa shape index (κ3) is 3.05. The van der Waals surface area contributed by atoms with Gasteiger partial charge in [0.25, 0.3) is 0 Å². The summed E-state index contributed by atoms with van der Waals surface area (Å²) in [5.41, 5.74) is 0. The van der Waals surface area contributed by atoms with Gasteiger partial charge in [0.15, 0.2) is 0 Å². The highest BCUT2D eigenvalue weighted by Crippen LogP contribution is 2.40. The van der Waals surface area contributed by atoms with Crippen molar-refractivity contribution >= 4 is 5.97 Å². The Morgan fingerprint density at radius 1 is 1.50 bits per heavy atom. The van der Waals surface area contributed by atoms with E-state index < -0.39 is 5.97 Å². The Labute approximate surface area is 121 Å². The molecule has 0 radical (unpaired) electrons. The fourth-order valence-electron chi connectivity index (χ4n) is 3.55. The Bertz CT molecular complexity index is 453. The van der Waals surface area contributed by atoms with Gasteiger partial charge in [-0.2, -0.15) is 0 Å². The summed E-state index contributed by atoms with van der Waals surface area (Å²) in [5.74, 6) is 1.07. The van der Waals surface area contributed by atoms with Gasteiger partial charge >= 0.3 is 5.97 Å². The van der Waals surface area contributed by atoms with E-state index in [0.29, 0.717) is 11.8 Å². The minimum absolute atomic E-state index is 0.0673. The van der Waals surface area contributed by atoms with Gasteiger partial charge in [0.1, 0.15) is 5.82 Å². The number of carboxylic acid groups (broad SMARTS) is 1. The summed E-state index contributed by atoms with van der Waals surface area (Å²) in [6.07, 6.45) is 8.96. The molecule has 1 aliphatic carbocycles. The molecule has 20 heavy (non-hydrogen) atoms. The second-order valence-electron chi connectivity index (χ2n) is 6.33. The number of carbonyl (C=O) groups is 1. The van der Waals surface area contributed by atoms with Crippen molar-refractivity contribution in [3.63, 3.8) is 0 Å². The van der Waals surface area contributed by atoms with Gasteiger partial charge in [-0.15, -0.1) is 0 Å². The fourth-order valence-corrected chi connectivity index (χ4v) is 3.55. The average Bonchev–Trinajstić information content (AvgIpc) is 2.88. The molecule has 0 amide bonds. The van der Waals surface area contributed by atoms with E-state index in [0.717, 1.165) is 25.1 Å². The zero-order valence-electron chi connectivity index (χ0n) is 12.7. The molecule has 0 aliphatic heterocycles. The Hall–Kier alpha value is -1.32. The summed E-state index contributed by atoms with van der Waals surface area (Å²) in [6.45, 7) is 6.43. The van der Waals surface area contributed by atoms with Crippen LogP contribution in [0, 0.1) is 11.8 Å². The maximum atomic E-state index is 11.6. The lowest BCUT2D eigenvalue weighted by molar-refractivity contribution is -0.145. The zero-order chi connectivity index (χ0) is 14.7. The summed E-state index contributed by atoms with van der Waals surface area (Å²) < 4.78 is 2.13. The van der Waals surface area contributed by atoms with Crippen LogP contribution >= 0.6 is 0 Å². The predicted octanol–water partition coefficient (Wildman–Crippen LogP) is 3.85. The van der Waals surface area contributed by atoms with E-state index in [4.69, 9.17) is 0 Å². The number of aromatic nitrogens is 2. The van der Waals surface area contributed by atoms with E-state index in [1.807, 2.05) is 6.20 Å². The van der Waals surface area contributed by atoms with Crippen molar-refractivity contribution in [1.82, 2.24) is 9.55 Å². The molecule has 1 saturated carbocycles. The Kier molecular flexibility index (Phi) is 4.84. The minimum atomic E-state index is -0.659. The van der Waals surface area contributed by atoms with Crippen LogP contribution in [0.5, 0.6) is 0 Å². The van der Waals surface area contributed by atoms with Gasteiger partial charge in [-0.05, 0) is 25.2 Å². The van der Waals surface area contributed by atoms with Gasteiger partial charge in [0.2, 0.25) is 0 Å². The molecule has 0 bridgehead atoms. The number of carboxylic acids is 1. The average molecular weight is 278 g/mol. The first-order valence-electron chi connectivity index (χ1n) is 7.80. The second kappa shape index (κ2) is 6.42. The molecular formula is C16H26N2O2. The van der Waals surface area contributed by atoms with E-state index in [1.165, 1.54) is 12.8 Å². The number of hydrogen-bond donors (Lipinski definition) is 1. The molecule has 112 valence electrons. The van der Waals surface area contributed by atoms with Crippen LogP contribution in [0.1, 0.15) is 70.7 Å². The first-order chi connectivity index (χ1) is 9.54. The van der Waals surface area contributed by atoms with Crippen molar-refractivity contribution in [1.29, 1.82) is 0 Å². The van der Waals surface area contributed by atoms with Crippen LogP contribution in [0.4, 0.5) is 0 Å². The molecule has 0 spiro atoms. The van der Waals surface area contributed by atoms with Crippen molar-refractivity contribution in [3.8, 4) is 0 Å². The summed E-state index contributed by atoms with van der Waals surface area (Å²) in [5, 5.41) is 9.52. The maximum absolute atomic E-state index is 11.6. The van der Waals surface area contributed by atoms with Gasteiger partial charge in [-0.25, -0.2) is 4.98 Å². The molecule has 1 aromatic rings. The molecule has 1 aromatic heterocycles. The van der Waals surface area contributed by atoms with Crippen LogP contribution in [-0.2, 0) is 4.79 Å². The molecule has 1 fully saturated rings. The van der Waals surface area contributed by atoms with Crippen molar-refractivity contribution in [2.75, 3.05) is 0 Å². The van der Waals surface area contributed by atoms with Crippen LogP contribution in [0.2, 0.25) is 0 Å². The Morgan fingerprint density at radius 3 is 2.85 bits per heavy atom. The van der Waals surface area contributed by atoms with Crippen molar-refractivity contribution < 1.29 is 9.90 Å². The first-order valence-corrected chi connectivity index (χ1v) is 7.80. The third-order valence-corrected chi connectivity index (χ3v) is 4.51. The molecule has 1 heterocycles. The Morgan fingerprint density at radius 2 is 2.25 bits per heavy atom. The molecule has 1 N–H and O–H groups in total. The lowest BCUT2D eigenvalue weighted by Gasteiger charge is -2.36. The monoisotopic (exact) mass is 278 g/mol. The number of rotatable bonds is 5. The van der Waals surface area contributed by atoms with Gasteiger partial charge in [0, 0.05) is 24.4 Å². The molecule has 4 heteroatoms. The standard InChI is InChI=1S/C16H26N2O2/c1-4-5-12-6-7-13(16(19)20)14(10-12)18-9-8-17-15(18)11(2)3/h8-9,11-14H,4-7,10H2,1-3H3,(H,19,20). The largest absolute Gasteiger partial charge is 0.481 e. The van der Waals surface area contributed by atoms with Crippen molar-refractivity contribution in [3.05, 3.63) is 18.2 Å². The van der Waals surface area contributed by atoms with Crippen LogP contribution < -0.4 is 0 Å². The molecule has 2 rings (SSSR count).